The van der Waals surface area contributed by atoms with E-state index in [0.29, 0.717) is 27.9 Å². The van der Waals surface area contributed by atoms with E-state index in [1.54, 1.807) is 24.3 Å². The second kappa shape index (κ2) is 7.08. The van der Waals surface area contributed by atoms with E-state index >= 15 is 0 Å². The Kier molecular flexibility index (Phi) is 4.45. The average molecular weight is 374 g/mol. The molecule has 3 aromatic carbocycles. The third-order valence-corrected chi connectivity index (χ3v) is 4.54. The molecule has 4 rings (SSSR count). The Balaban J connectivity index is 2.00. The van der Waals surface area contributed by atoms with Gasteiger partial charge in [-0.2, -0.15) is 0 Å². The number of hydrogen-bond donors (Lipinski definition) is 0. The lowest BCUT2D eigenvalue weighted by molar-refractivity contribution is -0.384. The first kappa shape index (κ1) is 17.6. The summed E-state index contributed by atoms with van der Waals surface area (Å²) in [4.78, 5) is 15.3. The van der Waals surface area contributed by atoms with E-state index in [0.717, 1.165) is 11.1 Å². The van der Waals surface area contributed by atoms with Crippen molar-refractivity contribution in [3.05, 3.63) is 88.7 Å². The Morgan fingerprint density at radius 2 is 1.75 bits per heavy atom. The van der Waals surface area contributed by atoms with Crippen LogP contribution in [-0.2, 0) is 0 Å². The standard InChI is InChI=1S/C22H15FN2O3/c1-28-16-8-9-17(20(23)12-16)22-13-18(14-5-3-2-4-6-14)19-11-15(25(26)27)7-10-21(19)24-22/h2-13H,1H3. The Bertz CT molecular complexity index is 1190. The first-order valence-electron chi connectivity index (χ1n) is 8.55. The van der Waals surface area contributed by atoms with Crippen LogP contribution in [0.5, 0.6) is 5.75 Å². The minimum Gasteiger partial charge on any atom is -0.497 e. The SMILES string of the molecule is COc1ccc(-c2cc(-c3ccccc3)c3cc([N+](=O)[O-])ccc3n2)c(F)c1. The number of nitro groups is 1. The van der Waals surface area contributed by atoms with Gasteiger partial charge in [0.05, 0.1) is 23.2 Å². The van der Waals surface area contributed by atoms with Gasteiger partial charge in [0.15, 0.2) is 0 Å². The molecule has 1 heterocycles. The number of halogens is 1. The van der Waals surface area contributed by atoms with Gasteiger partial charge in [-0.15, -0.1) is 0 Å². The molecular weight excluding hydrogens is 359 g/mol. The fourth-order valence-electron chi connectivity index (χ4n) is 3.15. The van der Waals surface area contributed by atoms with E-state index in [1.165, 1.54) is 25.3 Å². The van der Waals surface area contributed by atoms with Crippen molar-refractivity contribution < 1.29 is 14.1 Å². The first-order valence-corrected chi connectivity index (χ1v) is 8.55. The fraction of sp³-hybridized carbons (Fsp3) is 0.0455. The summed E-state index contributed by atoms with van der Waals surface area (Å²) in [6.07, 6.45) is 0. The Morgan fingerprint density at radius 1 is 0.964 bits per heavy atom. The molecule has 0 N–H and O–H groups in total. The van der Waals surface area contributed by atoms with Crippen LogP contribution in [0.4, 0.5) is 10.1 Å². The van der Waals surface area contributed by atoms with Gasteiger partial charge in [-0.05, 0) is 35.4 Å². The zero-order valence-corrected chi connectivity index (χ0v) is 14.9. The van der Waals surface area contributed by atoms with Crippen LogP contribution in [0.1, 0.15) is 0 Å². The average Bonchev–Trinajstić information content (AvgIpc) is 2.73. The number of rotatable bonds is 4. The molecule has 5 nitrogen and oxygen atoms in total. The van der Waals surface area contributed by atoms with Crippen LogP contribution < -0.4 is 4.74 Å². The van der Waals surface area contributed by atoms with Crippen LogP contribution in [0.25, 0.3) is 33.3 Å². The molecule has 138 valence electrons. The first-order chi connectivity index (χ1) is 13.6. The van der Waals surface area contributed by atoms with Gasteiger partial charge in [-0.3, -0.25) is 10.1 Å². The Hall–Kier alpha value is -3.80. The molecule has 0 bridgehead atoms. The molecule has 0 radical (unpaired) electrons. The van der Waals surface area contributed by atoms with Gasteiger partial charge in [0.25, 0.3) is 5.69 Å². The van der Waals surface area contributed by atoms with Crippen molar-refractivity contribution in [1.29, 1.82) is 0 Å². The molecule has 0 spiro atoms. The summed E-state index contributed by atoms with van der Waals surface area (Å²) in [5, 5.41) is 11.8. The molecule has 0 atom stereocenters. The lowest BCUT2D eigenvalue weighted by Crippen LogP contribution is -1.94. The van der Waals surface area contributed by atoms with Gasteiger partial charge in [-0.1, -0.05) is 30.3 Å². The van der Waals surface area contributed by atoms with E-state index < -0.39 is 10.7 Å². The van der Waals surface area contributed by atoms with Gasteiger partial charge in [0.1, 0.15) is 11.6 Å². The molecule has 6 heteroatoms. The lowest BCUT2D eigenvalue weighted by Gasteiger charge is -2.11. The van der Waals surface area contributed by atoms with E-state index in [4.69, 9.17) is 4.74 Å². The van der Waals surface area contributed by atoms with Crippen LogP contribution in [0.15, 0.2) is 72.8 Å². The maximum Gasteiger partial charge on any atom is 0.270 e. The number of aromatic nitrogens is 1. The van der Waals surface area contributed by atoms with Gasteiger partial charge < -0.3 is 4.74 Å². The zero-order valence-electron chi connectivity index (χ0n) is 14.9. The summed E-state index contributed by atoms with van der Waals surface area (Å²) in [7, 11) is 1.48. The molecule has 0 saturated heterocycles. The highest BCUT2D eigenvalue weighted by atomic mass is 19.1. The number of non-ortho nitro benzene ring substituents is 1. The Morgan fingerprint density at radius 3 is 2.43 bits per heavy atom. The largest absolute Gasteiger partial charge is 0.497 e. The fourth-order valence-corrected chi connectivity index (χ4v) is 3.15. The number of nitro benzene ring substituents is 1. The quantitative estimate of drug-likeness (QED) is 0.343. The van der Waals surface area contributed by atoms with Crippen molar-refractivity contribution in [3.63, 3.8) is 0 Å². The summed E-state index contributed by atoms with van der Waals surface area (Å²) in [6, 6.07) is 20.3. The molecule has 28 heavy (non-hydrogen) atoms. The van der Waals surface area contributed by atoms with Crippen LogP contribution >= 0.6 is 0 Å². The summed E-state index contributed by atoms with van der Waals surface area (Å²) >= 11 is 0. The van der Waals surface area contributed by atoms with Crippen LogP contribution in [0, 0.1) is 15.9 Å². The predicted octanol–water partition coefficient (Wildman–Crippen LogP) is 5.62. The van der Waals surface area contributed by atoms with E-state index in [1.807, 2.05) is 30.3 Å². The van der Waals surface area contributed by atoms with Gasteiger partial charge in [0, 0.05) is 29.1 Å². The monoisotopic (exact) mass is 374 g/mol. The number of benzene rings is 3. The van der Waals surface area contributed by atoms with Crippen molar-refractivity contribution in [2.45, 2.75) is 0 Å². The summed E-state index contributed by atoms with van der Waals surface area (Å²) < 4.78 is 19.7. The highest BCUT2D eigenvalue weighted by Crippen LogP contribution is 2.35. The molecule has 0 aliphatic heterocycles. The highest BCUT2D eigenvalue weighted by molar-refractivity contribution is 5.97. The number of hydrogen-bond acceptors (Lipinski definition) is 4. The molecule has 0 aliphatic carbocycles. The molecule has 4 aromatic rings. The van der Waals surface area contributed by atoms with Crippen molar-refractivity contribution in [1.82, 2.24) is 4.98 Å². The van der Waals surface area contributed by atoms with Gasteiger partial charge in [-0.25, -0.2) is 9.37 Å². The zero-order chi connectivity index (χ0) is 19.7. The molecule has 0 amide bonds. The molecule has 0 fully saturated rings. The lowest BCUT2D eigenvalue weighted by atomic mass is 9.98. The molecule has 1 aromatic heterocycles. The summed E-state index contributed by atoms with van der Waals surface area (Å²) in [6.45, 7) is 0. The second-order valence-corrected chi connectivity index (χ2v) is 6.23. The predicted molar refractivity (Wildman–Crippen MR) is 106 cm³/mol. The number of methoxy groups -OCH3 is 1. The van der Waals surface area contributed by atoms with Crippen molar-refractivity contribution in [3.8, 4) is 28.1 Å². The van der Waals surface area contributed by atoms with Crippen LogP contribution in [0.3, 0.4) is 0 Å². The minimum atomic E-state index is -0.452. The highest BCUT2D eigenvalue weighted by Gasteiger charge is 2.15. The third-order valence-electron chi connectivity index (χ3n) is 4.54. The smallest absolute Gasteiger partial charge is 0.270 e. The topological polar surface area (TPSA) is 65.3 Å². The number of nitrogens with zero attached hydrogens (tertiary/aromatic N) is 2. The van der Waals surface area contributed by atoms with Crippen molar-refractivity contribution in [2.75, 3.05) is 7.11 Å². The van der Waals surface area contributed by atoms with Gasteiger partial charge in [0.2, 0.25) is 0 Å². The van der Waals surface area contributed by atoms with E-state index in [2.05, 4.69) is 4.98 Å². The molecule has 0 saturated carbocycles. The third kappa shape index (κ3) is 3.16. The van der Waals surface area contributed by atoms with Crippen LogP contribution in [0.2, 0.25) is 0 Å². The molecule has 0 aliphatic rings. The Labute approximate surface area is 160 Å². The molecule has 0 unspecified atom stereocenters. The van der Waals surface area contributed by atoms with Crippen molar-refractivity contribution in [2.24, 2.45) is 0 Å². The maximum atomic E-state index is 14.6. The minimum absolute atomic E-state index is 0.0186. The van der Waals surface area contributed by atoms with E-state index in [9.17, 15) is 14.5 Å². The maximum absolute atomic E-state index is 14.6. The van der Waals surface area contributed by atoms with Gasteiger partial charge >= 0.3 is 0 Å². The number of pyridine rings is 1. The normalized spacial score (nSPS) is 10.8. The van der Waals surface area contributed by atoms with E-state index in [-0.39, 0.29) is 5.69 Å². The van der Waals surface area contributed by atoms with Crippen LogP contribution in [-0.4, -0.2) is 17.0 Å². The summed E-state index contributed by atoms with van der Waals surface area (Å²) in [5.41, 5.74) is 2.93. The number of ether oxygens (including phenoxy) is 1. The summed E-state index contributed by atoms with van der Waals surface area (Å²) in [5.74, 6) is -0.0342. The molecular formula is C22H15FN2O3. The van der Waals surface area contributed by atoms with Crippen molar-refractivity contribution >= 4 is 16.6 Å². The number of fused-ring (bicyclic) bond motifs is 1. The second-order valence-electron chi connectivity index (χ2n) is 6.23.